The van der Waals surface area contributed by atoms with Gasteiger partial charge in [-0.1, -0.05) is 0 Å². The molecule has 8 heterocycles. The van der Waals surface area contributed by atoms with Crippen molar-refractivity contribution in [3.8, 4) is 0 Å². The standard InChI is InChI=1S/C17H27F3N4O3Si.2C14H19F3N4O3.C13H18N4O3.ClH/c1-16(17(18,19)20,27-28(4,5)6)9-7-8-10-24-14(25)12-13(21-11-22(12)2)23(3)15(24)26;2*1-13(24,14(15,16)17)6-4-5-7-21-11(22)9-10(18-8-19(9)2)20(3)12(21)23;1-9(18)6-4-5-7-17-12(19)10-11(14-8-15(10)2)16(3)13(17)20;/h11H,7-10H2,1-6H3;2*8,24H,4-7H2,1-3H3;8H,4-7H2,1-3H3;1H. The Balaban J connectivity index is 0.000000276. The van der Waals surface area contributed by atoms with E-state index in [1.54, 1.807) is 59.4 Å². The van der Waals surface area contributed by atoms with E-state index >= 15 is 0 Å². The van der Waals surface area contributed by atoms with E-state index in [9.17, 15) is 92.9 Å². The molecule has 8 aromatic rings. The fourth-order valence-electron chi connectivity index (χ4n) is 10.4. The summed E-state index contributed by atoms with van der Waals surface area (Å²) in [6.45, 7) is 9.45. The number of ketones is 1. The van der Waals surface area contributed by atoms with Crippen LogP contribution in [0.15, 0.2) is 63.7 Å². The van der Waals surface area contributed by atoms with Crippen LogP contribution in [0.5, 0.6) is 0 Å². The van der Waals surface area contributed by atoms with Gasteiger partial charge in [0.1, 0.15) is 11.4 Å². The first kappa shape index (κ1) is 81.5. The molecule has 0 spiro atoms. The van der Waals surface area contributed by atoms with Crippen molar-refractivity contribution in [1.29, 1.82) is 0 Å². The smallest absolute Gasteiger partial charge is 0.404 e. The Morgan fingerprint density at radius 3 is 0.876 bits per heavy atom. The van der Waals surface area contributed by atoms with Gasteiger partial charge in [0, 0.05) is 89.0 Å². The number of imidazole rings is 4. The number of hydrogen-bond donors (Lipinski definition) is 2. The maximum atomic E-state index is 13.5. The van der Waals surface area contributed by atoms with Gasteiger partial charge >= 0.3 is 41.3 Å². The number of unbranched alkanes of at least 4 members (excludes halogenated alkanes) is 4. The average molecular weight is 1430 g/mol. The van der Waals surface area contributed by atoms with Crippen LogP contribution in [0.4, 0.5) is 39.5 Å². The van der Waals surface area contributed by atoms with E-state index in [2.05, 4.69) is 19.9 Å². The van der Waals surface area contributed by atoms with Gasteiger partial charge in [0.25, 0.3) is 22.2 Å². The molecule has 0 aliphatic heterocycles. The van der Waals surface area contributed by atoms with E-state index in [4.69, 9.17) is 4.43 Å². The van der Waals surface area contributed by atoms with Gasteiger partial charge in [-0.15, -0.1) is 12.4 Å². The summed E-state index contributed by atoms with van der Waals surface area (Å²) in [4.78, 5) is 126. The van der Waals surface area contributed by atoms with Crippen molar-refractivity contribution in [1.82, 2.24) is 74.7 Å². The van der Waals surface area contributed by atoms with Crippen molar-refractivity contribution in [2.45, 2.75) is 186 Å². The highest BCUT2D eigenvalue weighted by atomic mass is 35.5. The molecule has 0 bridgehead atoms. The highest BCUT2D eigenvalue weighted by Crippen LogP contribution is 2.40. The first-order valence-electron chi connectivity index (χ1n) is 30.3. The molecule has 0 aliphatic rings. The summed E-state index contributed by atoms with van der Waals surface area (Å²) in [7, 11) is 10.2. The molecule has 3 atom stereocenters. The van der Waals surface area contributed by atoms with Gasteiger partial charge in [0.15, 0.2) is 64.2 Å². The number of fused-ring (bicyclic) bond motifs is 4. The minimum atomic E-state index is -4.71. The molecular formula is C58H84ClF9N16O12Si. The van der Waals surface area contributed by atoms with Crippen LogP contribution >= 0.6 is 12.4 Å². The summed E-state index contributed by atoms with van der Waals surface area (Å²) in [5.41, 5.74) is -9.37. The summed E-state index contributed by atoms with van der Waals surface area (Å²) in [5.74, 6) is 0.118. The van der Waals surface area contributed by atoms with Gasteiger partial charge in [0.05, 0.1) is 25.3 Å². The highest BCUT2D eigenvalue weighted by Gasteiger charge is 2.54. The fraction of sp³-hybridized carbons (Fsp3) is 0.638. The van der Waals surface area contributed by atoms with Crippen molar-refractivity contribution in [2.75, 3.05) is 0 Å². The summed E-state index contributed by atoms with van der Waals surface area (Å²) in [5, 5.41) is 18.8. The lowest BCUT2D eigenvalue weighted by Crippen LogP contribution is -2.51. The van der Waals surface area contributed by atoms with Crippen molar-refractivity contribution >= 4 is 71.2 Å². The van der Waals surface area contributed by atoms with Crippen molar-refractivity contribution in [2.24, 2.45) is 56.4 Å². The lowest BCUT2D eigenvalue weighted by Gasteiger charge is -2.37. The Kier molecular flexibility index (Phi) is 26.3. The summed E-state index contributed by atoms with van der Waals surface area (Å²) >= 11 is 0. The van der Waals surface area contributed by atoms with Crippen LogP contribution in [-0.4, -0.2) is 134 Å². The molecule has 97 heavy (non-hydrogen) atoms. The van der Waals surface area contributed by atoms with E-state index in [0.717, 1.165) is 20.6 Å². The Morgan fingerprint density at radius 1 is 0.423 bits per heavy atom. The van der Waals surface area contributed by atoms with Crippen molar-refractivity contribution < 1.29 is 58.9 Å². The zero-order valence-corrected chi connectivity index (χ0v) is 58.4. The Morgan fingerprint density at radius 2 is 0.660 bits per heavy atom. The monoisotopic (exact) mass is 1430 g/mol. The molecule has 0 saturated carbocycles. The molecule has 0 amide bonds. The second-order valence-electron chi connectivity index (χ2n) is 25.3. The zero-order valence-electron chi connectivity index (χ0n) is 56.6. The first-order chi connectivity index (χ1) is 44.1. The third-order valence-electron chi connectivity index (χ3n) is 16.2. The number of aliphatic hydroxyl groups is 2. The van der Waals surface area contributed by atoms with E-state index < -0.39 is 90.2 Å². The van der Waals surface area contributed by atoms with Crippen LogP contribution in [-0.2, 0) is 91.8 Å². The van der Waals surface area contributed by atoms with Crippen LogP contribution in [0.3, 0.4) is 0 Å². The molecule has 0 radical (unpaired) electrons. The lowest BCUT2D eigenvalue weighted by atomic mass is 9.98. The Labute approximate surface area is 554 Å². The average Bonchev–Trinajstić information content (AvgIpc) is 1.69. The molecule has 28 nitrogen and oxygen atoms in total. The number of carbonyl (C=O) groups excluding carboxylic acids is 1. The third-order valence-corrected chi connectivity index (χ3v) is 17.3. The van der Waals surface area contributed by atoms with E-state index in [1.165, 1.54) is 89.9 Å². The van der Waals surface area contributed by atoms with Gasteiger partial charge in [-0.25, -0.2) is 39.1 Å². The van der Waals surface area contributed by atoms with Gasteiger partial charge in [-0.3, -0.25) is 55.7 Å². The predicted molar refractivity (Wildman–Crippen MR) is 346 cm³/mol. The van der Waals surface area contributed by atoms with Crippen LogP contribution in [0.1, 0.15) is 105 Å². The van der Waals surface area contributed by atoms with Crippen LogP contribution in [0, 0.1) is 0 Å². The van der Waals surface area contributed by atoms with Gasteiger partial charge in [0.2, 0.25) is 0 Å². The number of Topliss-reactive ketones (excluding diaryl/α,β-unsaturated/α-hetero) is 1. The number of aryl methyl sites for hydroxylation is 8. The first-order valence-corrected chi connectivity index (χ1v) is 33.7. The minimum absolute atomic E-state index is 0. The molecule has 39 heteroatoms. The van der Waals surface area contributed by atoms with Crippen LogP contribution in [0.25, 0.3) is 44.7 Å². The summed E-state index contributed by atoms with van der Waals surface area (Å²) in [6, 6.07) is 0. The fourth-order valence-corrected chi connectivity index (χ4v) is 12.0. The largest absolute Gasteiger partial charge is 0.416 e. The van der Waals surface area contributed by atoms with Gasteiger partial charge in [-0.2, -0.15) is 39.5 Å². The number of nitrogens with zero attached hydrogens (tertiary/aromatic N) is 16. The zero-order chi connectivity index (χ0) is 72.9. The van der Waals surface area contributed by atoms with E-state index in [1.807, 2.05) is 0 Å². The topological polar surface area (TPSA) is 314 Å². The van der Waals surface area contributed by atoms with Gasteiger partial charge < -0.3 is 37.7 Å². The maximum Gasteiger partial charge on any atom is 0.416 e. The van der Waals surface area contributed by atoms with Gasteiger partial charge in [-0.05, 0) is 118 Å². The molecule has 2 N–H and O–H groups in total. The Hall–Kier alpha value is -7.97. The molecule has 8 rings (SSSR count). The summed E-state index contributed by atoms with van der Waals surface area (Å²) in [6.07, 6.45) is -6.82. The predicted octanol–water partition coefficient (Wildman–Crippen LogP) is 5.23. The van der Waals surface area contributed by atoms with E-state index in [0.29, 0.717) is 50.8 Å². The van der Waals surface area contributed by atoms with Crippen LogP contribution in [0.2, 0.25) is 19.6 Å². The Bertz CT molecular complexity index is 4480. The van der Waals surface area contributed by atoms with E-state index in [-0.39, 0.29) is 128 Å². The molecule has 0 fully saturated rings. The maximum absolute atomic E-state index is 13.5. The SMILES string of the molecule is CC(=O)CCCCn1c(=O)c2c(ncn2C)n(C)c1=O.Cl.Cn1cnc2c1c(=O)n(CCCCC(C)(O)C(F)(F)F)c(=O)n2C.Cn1cnc2c1c(=O)n(CCCCC(C)(O)C(F)(F)F)c(=O)n2C.Cn1cnc2c1c(=O)n(CCCCC(C)(O[Si](C)(C)C)C(F)(F)F)c(=O)n2C. The van der Waals surface area contributed by atoms with Crippen molar-refractivity contribution in [3.05, 3.63) is 109 Å². The van der Waals surface area contributed by atoms with Crippen LogP contribution < -0.4 is 45.0 Å². The number of alkyl halides is 9. The number of halogens is 10. The number of aromatic nitrogens is 16. The minimum Gasteiger partial charge on any atom is -0.404 e. The molecule has 0 aliphatic carbocycles. The second-order valence-corrected chi connectivity index (χ2v) is 29.7. The quantitative estimate of drug-likeness (QED) is 0.0499. The lowest BCUT2D eigenvalue weighted by molar-refractivity contribution is -0.255. The number of carbonyl (C=O) groups is 1. The molecular weight excluding hydrogens is 1350 g/mol. The normalized spacial score (nSPS) is 14.1. The molecule has 3 unspecified atom stereocenters. The highest BCUT2D eigenvalue weighted by molar-refractivity contribution is 6.69. The number of rotatable bonds is 22. The third kappa shape index (κ3) is 18.4. The van der Waals surface area contributed by atoms with Crippen molar-refractivity contribution in [3.63, 3.8) is 0 Å². The number of hydrogen-bond acceptors (Lipinski definition) is 16. The molecule has 0 saturated heterocycles. The summed E-state index contributed by atoms with van der Waals surface area (Å²) < 4.78 is 137. The molecule has 0 aromatic carbocycles. The molecule has 8 aromatic heterocycles. The second kappa shape index (κ2) is 31.3. The molecule has 542 valence electrons.